The first kappa shape index (κ1) is 19.1. The molecule has 0 spiro atoms. The van der Waals surface area contributed by atoms with Crippen LogP contribution in [-0.2, 0) is 13.0 Å². The molecule has 0 bridgehead atoms. The summed E-state index contributed by atoms with van der Waals surface area (Å²) in [4.78, 5) is 31.6. The maximum Gasteiger partial charge on any atom is 0.272 e. The number of para-hydroxylation sites is 1. The number of amides is 2. The van der Waals surface area contributed by atoms with Gasteiger partial charge in [0.15, 0.2) is 0 Å². The highest BCUT2D eigenvalue weighted by Crippen LogP contribution is 2.30. The molecule has 154 valence electrons. The first-order valence-corrected chi connectivity index (χ1v) is 10.4. The van der Waals surface area contributed by atoms with E-state index in [0.29, 0.717) is 30.0 Å². The molecule has 5 rings (SSSR count). The Morgan fingerprint density at radius 3 is 2.55 bits per heavy atom. The standard InChI is InChI=1S/C26H23N3O2/c1-17-7-6-10-19(15-17)25(30)28-23-21-11-4-5-12-22(21)27-24(23)26(31)29-14-13-18-8-2-3-9-20(18)16-29/h2-12,15,27H,13-14,16H2,1H3,(H,28,30). The lowest BCUT2D eigenvalue weighted by Gasteiger charge is -2.28. The summed E-state index contributed by atoms with van der Waals surface area (Å²) < 4.78 is 0. The molecule has 3 aromatic carbocycles. The third kappa shape index (κ3) is 3.59. The van der Waals surface area contributed by atoms with E-state index < -0.39 is 0 Å². The quantitative estimate of drug-likeness (QED) is 0.504. The van der Waals surface area contributed by atoms with Gasteiger partial charge in [-0.1, -0.05) is 60.2 Å². The van der Waals surface area contributed by atoms with Crippen molar-refractivity contribution < 1.29 is 9.59 Å². The number of rotatable bonds is 3. The molecular formula is C26H23N3O2. The molecule has 2 amide bonds. The Hall–Kier alpha value is -3.86. The van der Waals surface area contributed by atoms with Crippen molar-refractivity contribution >= 4 is 28.4 Å². The number of H-pyrrole nitrogens is 1. The predicted octanol–water partition coefficient (Wildman–Crippen LogP) is 4.93. The van der Waals surface area contributed by atoms with Crippen LogP contribution in [0, 0.1) is 6.92 Å². The lowest BCUT2D eigenvalue weighted by molar-refractivity contribution is 0.0731. The van der Waals surface area contributed by atoms with Crippen molar-refractivity contribution in [1.29, 1.82) is 0 Å². The fourth-order valence-corrected chi connectivity index (χ4v) is 4.23. The Morgan fingerprint density at radius 1 is 0.935 bits per heavy atom. The Labute approximate surface area is 180 Å². The summed E-state index contributed by atoms with van der Waals surface area (Å²) in [6.45, 7) is 3.16. The van der Waals surface area contributed by atoms with Gasteiger partial charge in [-0.25, -0.2) is 0 Å². The van der Waals surface area contributed by atoms with Crippen molar-refractivity contribution in [1.82, 2.24) is 9.88 Å². The summed E-state index contributed by atoms with van der Waals surface area (Å²) in [5, 5.41) is 3.82. The predicted molar refractivity (Wildman–Crippen MR) is 122 cm³/mol. The van der Waals surface area contributed by atoms with E-state index in [4.69, 9.17) is 0 Å². The highest BCUT2D eigenvalue weighted by atomic mass is 16.2. The van der Waals surface area contributed by atoms with Crippen LogP contribution in [0.4, 0.5) is 5.69 Å². The molecule has 1 aromatic heterocycles. The molecule has 2 heterocycles. The van der Waals surface area contributed by atoms with Crippen LogP contribution in [0.25, 0.3) is 10.9 Å². The van der Waals surface area contributed by atoms with E-state index in [1.54, 1.807) is 6.07 Å². The number of hydrogen-bond donors (Lipinski definition) is 2. The Morgan fingerprint density at radius 2 is 1.71 bits per heavy atom. The highest BCUT2D eigenvalue weighted by Gasteiger charge is 2.27. The molecule has 0 fully saturated rings. The number of carbonyl (C=O) groups excluding carboxylic acids is 2. The van der Waals surface area contributed by atoms with Gasteiger partial charge in [-0.05, 0) is 42.7 Å². The van der Waals surface area contributed by atoms with Crippen LogP contribution >= 0.6 is 0 Å². The minimum absolute atomic E-state index is 0.106. The summed E-state index contributed by atoms with van der Waals surface area (Å²) in [5.74, 6) is -0.336. The van der Waals surface area contributed by atoms with Gasteiger partial charge in [0.05, 0.1) is 5.69 Å². The minimum Gasteiger partial charge on any atom is -0.349 e. The monoisotopic (exact) mass is 409 g/mol. The second-order valence-corrected chi connectivity index (χ2v) is 7.99. The normalized spacial score (nSPS) is 13.1. The number of fused-ring (bicyclic) bond motifs is 2. The molecule has 0 unspecified atom stereocenters. The number of nitrogens with one attached hydrogen (secondary N) is 2. The molecule has 0 atom stereocenters. The molecule has 1 aliphatic heterocycles. The average Bonchev–Trinajstić information content (AvgIpc) is 3.16. The van der Waals surface area contributed by atoms with Crippen molar-refractivity contribution in [2.75, 3.05) is 11.9 Å². The second-order valence-electron chi connectivity index (χ2n) is 7.99. The Balaban J connectivity index is 1.50. The van der Waals surface area contributed by atoms with Gasteiger partial charge in [-0.3, -0.25) is 9.59 Å². The van der Waals surface area contributed by atoms with Gasteiger partial charge < -0.3 is 15.2 Å². The first-order chi connectivity index (χ1) is 15.1. The van der Waals surface area contributed by atoms with Crippen molar-refractivity contribution in [3.63, 3.8) is 0 Å². The average molecular weight is 409 g/mol. The summed E-state index contributed by atoms with van der Waals surface area (Å²) >= 11 is 0. The van der Waals surface area contributed by atoms with Crippen LogP contribution in [-0.4, -0.2) is 28.2 Å². The molecule has 0 saturated carbocycles. The van der Waals surface area contributed by atoms with E-state index >= 15 is 0 Å². The van der Waals surface area contributed by atoms with Crippen molar-refractivity contribution in [2.24, 2.45) is 0 Å². The first-order valence-electron chi connectivity index (χ1n) is 10.4. The van der Waals surface area contributed by atoms with Crippen LogP contribution in [0.1, 0.15) is 37.5 Å². The second kappa shape index (κ2) is 7.76. The number of nitrogens with zero attached hydrogens (tertiary/aromatic N) is 1. The largest absolute Gasteiger partial charge is 0.349 e. The zero-order valence-corrected chi connectivity index (χ0v) is 17.3. The molecule has 0 saturated heterocycles. The van der Waals surface area contributed by atoms with E-state index in [-0.39, 0.29) is 11.8 Å². The maximum atomic E-state index is 13.5. The van der Waals surface area contributed by atoms with E-state index in [0.717, 1.165) is 22.9 Å². The SMILES string of the molecule is Cc1cccc(C(=O)Nc2c(C(=O)N3CCc4ccccc4C3)[nH]c3ccccc23)c1. The molecular weight excluding hydrogens is 386 g/mol. The summed E-state index contributed by atoms with van der Waals surface area (Å²) in [7, 11) is 0. The van der Waals surface area contributed by atoms with E-state index in [1.807, 2.05) is 66.4 Å². The summed E-state index contributed by atoms with van der Waals surface area (Å²) in [6, 6.07) is 23.3. The number of aryl methyl sites for hydroxylation is 1. The Kier molecular flexibility index (Phi) is 4.79. The number of benzene rings is 3. The smallest absolute Gasteiger partial charge is 0.272 e. The van der Waals surface area contributed by atoms with Crippen LogP contribution in [0.15, 0.2) is 72.8 Å². The molecule has 0 aliphatic carbocycles. The van der Waals surface area contributed by atoms with Gasteiger partial charge in [0.1, 0.15) is 5.69 Å². The molecule has 0 radical (unpaired) electrons. The van der Waals surface area contributed by atoms with Crippen molar-refractivity contribution in [2.45, 2.75) is 19.9 Å². The van der Waals surface area contributed by atoms with E-state index in [9.17, 15) is 9.59 Å². The van der Waals surface area contributed by atoms with Gasteiger partial charge >= 0.3 is 0 Å². The number of aromatic nitrogens is 1. The fourth-order valence-electron chi connectivity index (χ4n) is 4.23. The topological polar surface area (TPSA) is 65.2 Å². The summed E-state index contributed by atoms with van der Waals surface area (Å²) in [6.07, 6.45) is 0.827. The third-order valence-corrected chi connectivity index (χ3v) is 5.86. The number of aromatic amines is 1. The highest BCUT2D eigenvalue weighted by molar-refractivity contribution is 6.15. The van der Waals surface area contributed by atoms with Gasteiger partial charge in [0.2, 0.25) is 0 Å². The maximum absolute atomic E-state index is 13.5. The zero-order valence-electron chi connectivity index (χ0n) is 17.3. The molecule has 31 heavy (non-hydrogen) atoms. The van der Waals surface area contributed by atoms with Crippen LogP contribution in [0.2, 0.25) is 0 Å². The van der Waals surface area contributed by atoms with Crippen molar-refractivity contribution in [3.8, 4) is 0 Å². The number of anilines is 1. The summed E-state index contributed by atoms with van der Waals surface area (Å²) in [5.41, 5.74) is 5.81. The lowest BCUT2D eigenvalue weighted by Crippen LogP contribution is -2.36. The number of hydrogen-bond acceptors (Lipinski definition) is 2. The van der Waals surface area contributed by atoms with Crippen LogP contribution < -0.4 is 5.32 Å². The molecule has 5 heteroatoms. The third-order valence-electron chi connectivity index (χ3n) is 5.86. The molecule has 5 nitrogen and oxygen atoms in total. The lowest BCUT2D eigenvalue weighted by atomic mass is 9.99. The Bertz CT molecular complexity index is 1310. The molecule has 2 N–H and O–H groups in total. The van der Waals surface area contributed by atoms with Crippen molar-refractivity contribution in [3.05, 3.63) is 101 Å². The fraction of sp³-hybridized carbons (Fsp3) is 0.154. The molecule has 4 aromatic rings. The minimum atomic E-state index is -0.230. The van der Waals surface area contributed by atoms with E-state index in [1.165, 1.54) is 11.1 Å². The van der Waals surface area contributed by atoms with Crippen LogP contribution in [0.5, 0.6) is 0 Å². The van der Waals surface area contributed by atoms with Gasteiger partial charge in [0, 0.05) is 29.6 Å². The van der Waals surface area contributed by atoms with Gasteiger partial charge in [0.25, 0.3) is 11.8 Å². The van der Waals surface area contributed by atoms with Crippen LogP contribution in [0.3, 0.4) is 0 Å². The van der Waals surface area contributed by atoms with E-state index in [2.05, 4.69) is 22.4 Å². The zero-order chi connectivity index (χ0) is 21.4. The molecule has 1 aliphatic rings. The van der Waals surface area contributed by atoms with Gasteiger partial charge in [-0.2, -0.15) is 0 Å². The number of carbonyl (C=O) groups is 2. The van der Waals surface area contributed by atoms with Gasteiger partial charge in [-0.15, -0.1) is 0 Å².